The third-order valence-corrected chi connectivity index (χ3v) is 6.31. The lowest BCUT2D eigenvalue weighted by molar-refractivity contribution is -0.147. The summed E-state index contributed by atoms with van der Waals surface area (Å²) in [6, 6.07) is 12.6. The van der Waals surface area contributed by atoms with Gasteiger partial charge in [0.05, 0.1) is 22.5 Å². The maximum atomic E-state index is 14.8. The highest BCUT2D eigenvalue weighted by atomic mass is 32.1. The molecule has 0 radical (unpaired) electrons. The average Bonchev–Trinajstić information content (AvgIpc) is 3.20. The maximum Gasteiger partial charge on any atom is 0.309 e. The van der Waals surface area contributed by atoms with Crippen molar-refractivity contribution in [1.82, 2.24) is 9.88 Å². The molecule has 6 nitrogen and oxygen atoms in total. The van der Waals surface area contributed by atoms with Gasteiger partial charge in [0.2, 0.25) is 0 Å². The van der Waals surface area contributed by atoms with Gasteiger partial charge in [-0.1, -0.05) is 6.07 Å². The first-order valence-corrected chi connectivity index (χ1v) is 11.1. The van der Waals surface area contributed by atoms with E-state index < -0.39 is 5.97 Å². The van der Waals surface area contributed by atoms with Crippen LogP contribution in [-0.4, -0.2) is 40.2 Å². The second-order valence-corrected chi connectivity index (χ2v) is 9.09. The molecule has 0 aliphatic carbocycles. The van der Waals surface area contributed by atoms with E-state index in [9.17, 15) is 14.4 Å². The van der Waals surface area contributed by atoms with E-state index in [1.54, 1.807) is 24.4 Å². The molecule has 2 heterocycles. The molecule has 0 spiro atoms. The second kappa shape index (κ2) is 9.07. The Balaban J connectivity index is 1.50. The highest BCUT2D eigenvalue weighted by molar-refractivity contribution is 7.18. The number of nitrogens with zero attached hydrogens (tertiary/aromatic N) is 3. The minimum atomic E-state index is -0.786. The molecule has 8 heteroatoms. The van der Waals surface area contributed by atoms with E-state index in [-0.39, 0.29) is 17.8 Å². The first-order valence-electron chi connectivity index (χ1n) is 10.2. The Kier molecular flexibility index (Phi) is 6.21. The molecule has 32 heavy (non-hydrogen) atoms. The molecule has 1 fully saturated rings. The molecule has 4 rings (SSSR count). The number of aliphatic carboxylic acids is 1. The van der Waals surface area contributed by atoms with E-state index in [4.69, 9.17) is 9.84 Å². The molecule has 1 aromatic heterocycles. The lowest BCUT2D eigenvalue weighted by atomic mass is 9.99. The van der Waals surface area contributed by atoms with Crippen LogP contribution in [0.25, 0.3) is 21.0 Å². The van der Waals surface area contributed by atoms with E-state index in [2.05, 4.69) is 11.1 Å². The second-order valence-electron chi connectivity index (χ2n) is 8.06. The molecule has 0 atom stereocenters. The summed E-state index contributed by atoms with van der Waals surface area (Å²) in [7, 11) is 0. The van der Waals surface area contributed by atoms with Crippen LogP contribution in [0.15, 0.2) is 42.6 Å². The molecular formula is C24H22FN3O3S. The number of ether oxygens (including phenoxy) is 1. The minimum absolute atomic E-state index is 0.0337. The first kappa shape index (κ1) is 21.9. The fourth-order valence-corrected chi connectivity index (χ4v) is 4.54. The number of carboxylic acid groups (broad SMARTS) is 1. The van der Waals surface area contributed by atoms with Crippen LogP contribution in [-0.2, 0) is 11.3 Å². The third-order valence-electron chi connectivity index (χ3n) is 5.23. The van der Waals surface area contributed by atoms with Gasteiger partial charge >= 0.3 is 5.97 Å². The topological polar surface area (TPSA) is 86.4 Å². The van der Waals surface area contributed by atoms with Crippen LogP contribution in [0.1, 0.15) is 25.0 Å². The van der Waals surface area contributed by atoms with Gasteiger partial charge in [-0.05, 0) is 55.3 Å². The number of thiazole rings is 1. The fourth-order valence-electron chi connectivity index (χ4n) is 3.60. The SMILES string of the molecule is CC(C)Oc1ccc(-c2cnc(-c3ccc(CN4CC(C(=O)O)C4)cc3F)s2)cc1C#N. The number of halogens is 1. The molecule has 0 saturated carbocycles. The number of nitriles is 1. The number of carbonyl (C=O) groups is 1. The van der Waals surface area contributed by atoms with Gasteiger partial charge in [0.15, 0.2) is 0 Å². The Labute approximate surface area is 189 Å². The van der Waals surface area contributed by atoms with Crippen molar-refractivity contribution in [2.24, 2.45) is 5.92 Å². The Bertz CT molecular complexity index is 1200. The molecule has 1 aliphatic heterocycles. The van der Waals surface area contributed by atoms with Crippen molar-refractivity contribution in [3.63, 3.8) is 0 Å². The molecular weight excluding hydrogens is 429 g/mol. The summed E-state index contributed by atoms with van der Waals surface area (Å²) in [5.74, 6) is -0.946. The number of hydrogen-bond donors (Lipinski definition) is 1. The number of rotatable bonds is 7. The smallest absolute Gasteiger partial charge is 0.309 e. The van der Waals surface area contributed by atoms with Crippen LogP contribution < -0.4 is 4.74 Å². The summed E-state index contributed by atoms with van der Waals surface area (Å²) >= 11 is 1.35. The number of likely N-dealkylation sites (tertiary alicyclic amines) is 1. The van der Waals surface area contributed by atoms with Crippen LogP contribution >= 0.6 is 11.3 Å². The Morgan fingerprint density at radius 1 is 1.34 bits per heavy atom. The Morgan fingerprint density at radius 3 is 2.78 bits per heavy atom. The van der Waals surface area contributed by atoms with E-state index in [0.29, 0.717) is 41.5 Å². The summed E-state index contributed by atoms with van der Waals surface area (Å²) < 4.78 is 20.5. The number of hydrogen-bond acceptors (Lipinski definition) is 6. The van der Waals surface area contributed by atoms with Gasteiger partial charge in [-0.15, -0.1) is 11.3 Å². The van der Waals surface area contributed by atoms with Crippen molar-refractivity contribution in [1.29, 1.82) is 5.26 Å². The van der Waals surface area contributed by atoms with Crippen molar-refractivity contribution in [2.45, 2.75) is 26.5 Å². The molecule has 0 bridgehead atoms. The maximum absolute atomic E-state index is 14.8. The Hall–Kier alpha value is -3.28. The quantitative estimate of drug-likeness (QED) is 0.556. The summed E-state index contributed by atoms with van der Waals surface area (Å²) in [5.41, 5.74) is 2.48. The predicted molar refractivity (Wildman–Crippen MR) is 120 cm³/mol. The molecule has 0 amide bonds. The van der Waals surface area contributed by atoms with Crippen molar-refractivity contribution < 1.29 is 19.0 Å². The summed E-state index contributed by atoms with van der Waals surface area (Å²) in [4.78, 5) is 18.1. The fraction of sp³-hybridized carbons (Fsp3) is 0.292. The Morgan fingerprint density at radius 2 is 2.12 bits per heavy atom. The number of benzene rings is 2. The largest absolute Gasteiger partial charge is 0.490 e. The molecule has 0 unspecified atom stereocenters. The van der Waals surface area contributed by atoms with E-state index in [0.717, 1.165) is 16.0 Å². The van der Waals surface area contributed by atoms with Crippen LogP contribution in [0.2, 0.25) is 0 Å². The van der Waals surface area contributed by atoms with Gasteiger partial charge in [-0.25, -0.2) is 9.37 Å². The summed E-state index contributed by atoms with van der Waals surface area (Å²) in [6.45, 7) is 5.30. The zero-order chi connectivity index (χ0) is 22.8. The molecule has 1 aliphatic rings. The van der Waals surface area contributed by atoms with Gasteiger partial charge in [0.25, 0.3) is 0 Å². The zero-order valence-electron chi connectivity index (χ0n) is 17.7. The lowest BCUT2D eigenvalue weighted by Crippen LogP contribution is -2.49. The minimum Gasteiger partial charge on any atom is -0.490 e. The van der Waals surface area contributed by atoms with Gasteiger partial charge in [-0.2, -0.15) is 5.26 Å². The van der Waals surface area contributed by atoms with Gasteiger partial charge in [0, 0.05) is 31.4 Å². The highest BCUT2D eigenvalue weighted by Gasteiger charge is 2.32. The van der Waals surface area contributed by atoms with Crippen LogP contribution in [0.3, 0.4) is 0 Å². The van der Waals surface area contributed by atoms with Crippen molar-refractivity contribution in [3.8, 4) is 32.8 Å². The van der Waals surface area contributed by atoms with E-state index >= 15 is 0 Å². The summed E-state index contributed by atoms with van der Waals surface area (Å²) in [5, 5.41) is 19.0. The van der Waals surface area contributed by atoms with Crippen molar-refractivity contribution >= 4 is 17.3 Å². The molecule has 1 saturated heterocycles. The van der Waals surface area contributed by atoms with Crippen LogP contribution in [0.5, 0.6) is 5.75 Å². The van der Waals surface area contributed by atoms with Crippen LogP contribution in [0, 0.1) is 23.1 Å². The van der Waals surface area contributed by atoms with Crippen LogP contribution in [0.4, 0.5) is 4.39 Å². The molecule has 3 aromatic rings. The normalized spacial score (nSPS) is 14.2. The number of aromatic nitrogens is 1. The molecule has 1 N–H and O–H groups in total. The van der Waals surface area contributed by atoms with Gasteiger partial charge in [-0.3, -0.25) is 9.69 Å². The molecule has 2 aromatic carbocycles. The first-order chi connectivity index (χ1) is 15.3. The third kappa shape index (κ3) is 4.64. The average molecular weight is 452 g/mol. The zero-order valence-corrected chi connectivity index (χ0v) is 18.5. The standard InChI is InChI=1S/C24H22FN3O3S/c1-14(2)31-21-6-4-16(8-17(21)9-26)22-10-27-23(32-22)19-5-3-15(7-20(19)25)11-28-12-18(13-28)24(29)30/h3-8,10,14,18H,11-13H2,1-2H3,(H,29,30). The van der Waals surface area contributed by atoms with Crippen molar-refractivity contribution in [2.75, 3.05) is 13.1 Å². The van der Waals surface area contributed by atoms with Gasteiger partial charge < -0.3 is 9.84 Å². The van der Waals surface area contributed by atoms with Crippen molar-refractivity contribution in [3.05, 3.63) is 59.5 Å². The monoisotopic (exact) mass is 451 g/mol. The molecule has 164 valence electrons. The number of carboxylic acids is 1. The van der Waals surface area contributed by atoms with Gasteiger partial charge in [0.1, 0.15) is 22.6 Å². The lowest BCUT2D eigenvalue weighted by Gasteiger charge is -2.36. The highest BCUT2D eigenvalue weighted by Crippen LogP contribution is 2.35. The predicted octanol–water partition coefficient (Wildman–Crippen LogP) is 4.79. The van der Waals surface area contributed by atoms with E-state index in [1.807, 2.05) is 30.9 Å². The summed E-state index contributed by atoms with van der Waals surface area (Å²) in [6.07, 6.45) is 1.65. The van der Waals surface area contributed by atoms with E-state index in [1.165, 1.54) is 17.4 Å².